The molecule has 0 radical (unpaired) electrons. The third-order valence-corrected chi connectivity index (χ3v) is 3.44. The van der Waals surface area contributed by atoms with Crippen molar-refractivity contribution in [1.29, 1.82) is 0 Å². The third-order valence-electron chi connectivity index (χ3n) is 3.44. The molecule has 1 aliphatic carbocycles. The van der Waals surface area contributed by atoms with Crippen LogP contribution in [0, 0.1) is 11.7 Å². The summed E-state index contributed by atoms with van der Waals surface area (Å²) in [5.41, 5.74) is 6.48. The number of hydrogen-bond donors (Lipinski definition) is 1. The van der Waals surface area contributed by atoms with Gasteiger partial charge in [-0.15, -0.1) is 0 Å². The lowest BCUT2D eigenvalue weighted by atomic mass is 9.89. The van der Waals surface area contributed by atoms with Crippen molar-refractivity contribution in [2.75, 3.05) is 5.73 Å². The Kier molecular flexibility index (Phi) is 4.00. The van der Waals surface area contributed by atoms with Crippen LogP contribution in [0.4, 0.5) is 10.1 Å². The van der Waals surface area contributed by atoms with Crippen molar-refractivity contribution in [3.8, 4) is 0 Å². The van der Waals surface area contributed by atoms with Gasteiger partial charge < -0.3 is 10.5 Å². The molecule has 0 saturated heterocycles. The van der Waals surface area contributed by atoms with E-state index < -0.39 is 0 Å². The van der Waals surface area contributed by atoms with Gasteiger partial charge in [-0.2, -0.15) is 0 Å². The average Bonchev–Trinajstić information content (AvgIpc) is 2.31. The fraction of sp³-hybridized carbons (Fsp3) is 0.571. The number of benzene rings is 1. The van der Waals surface area contributed by atoms with Crippen LogP contribution in [-0.4, -0.2) is 6.10 Å². The highest BCUT2D eigenvalue weighted by atomic mass is 19.1. The second-order valence-corrected chi connectivity index (χ2v) is 5.06. The van der Waals surface area contributed by atoms with E-state index in [1.165, 1.54) is 18.9 Å². The maximum Gasteiger partial charge on any atom is 0.146 e. The molecule has 94 valence electrons. The van der Waals surface area contributed by atoms with Crippen molar-refractivity contribution in [2.24, 2.45) is 5.92 Å². The highest BCUT2D eigenvalue weighted by Crippen LogP contribution is 2.26. The van der Waals surface area contributed by atoms with Crippen LogP contribution in [0.5, 0.6) is 0 Å². The second-order valence-electron chi connectivity index (χ2n) is 5.06. The summed E-state index contributed by atoms with van der Waals surface area (Å²) in [6.45, 7) is 2.74. The monoisotopic (exact) mass is 237 g/mol. The van der Waals surface area contributed by atoms with Crippen molar-refractivity contribution in [1.82, 2.24) is 0 Å². The molecule has 0 aromatic heterocycles. The van der Waals surface area contributed by atoms with Crippen molar-refractivity contribution < 1.29 is 9.13 Å². The zero-order valence-corrected chi connectivity index (χ0v) is 10.3. The summed E-state index contributed by atoms with van der Waals surface area (Å²) in [6, 6.07) is 4.88. The molecule has 1 saturated carbocycles. The molecule has 0 bridgehead atoms. The Bertz CT molecular complexity index is 380. The topological polar surface area (TPSA) is 35.2 Å². The van der Waals surface area contributed by atoms with Crippen molar-refractivity contribution in [2.45, 2.75) is 45.3 Å². The van der Waals surface area contributed by atoms with E-state index in [9.17, 15) is 4.39 Å². The van der Waals surface area contributed by atoms with E-state index in [0.29, 0.717) is 12.7 Å². The summed E-state index contributed by atoms with van der Waals surface area (Å²) >= 11 is 0. The molecule has 0 spiro atoms. The van der Waals surface area contributed by atoms with E-state index in [2.05, 4.69) is 6.92 Å². The van der Waals surface area contributed by atoms with Crippen LogP contribution in [-0.2, 0) is 11.3 Å². The van der Waals surface area contributed by atoms with Crippen LogP contribution >= 0.6 is 0 Å². The first-order valence-electron chi connectivity index (χ1n) is 6.30. The molecule has 2 unspecified atom stereocenters. The van der Waals surface area contributed by atoms with Crippen LogP contribution < -0.4 is 5.73 Å². The van der Waals surface area contributed by atoms with Crippen LogP contribution in [0.15, 0.2) is 18.2 Å². The Labute approximate surface area is 102 Å². The number of nitrogen functional groups attached to an aromatic ring is 1. The fourth-order valence-corrected chi connectivity index (χ4v) is 2.40. The van der Waals surface area contributed by atoms with E-state index >= 15 is 0 Å². The molecule has 3 heteroatoms. The first-order valence-corrected chi connectivity index (χ1v) is 6.30. The first kappa shape index (κ1) is 12.4. The minimum atomic E-state index is -0.358. The highest BCUT2D eigenvalue weighted by Gasteiger charge is 2.19. The van der Waals surface area contributed by atoms with Gasteiger partial charge in [0.05, 0.1) is 18.4 Å². The molecule has 2 atom stereocenters. The lowest BCUT2D eigenvalue weighted by Gasteiger charge is -2.26. The number of rotatable bonds is 3. The number of nitrogens with two attached hydrogens (primary N) is 1. The van der Waals surface area contributed by atoms with Gasteiger partial charge in [0.15, 0.2) is 0 Å². The lowest BCUT2D eigenvalue weighted by Crippen LogP contribution is -2.21. The van der Waals surface area contributed by atoms with E-state index in [0.717, 1.165) is 24.3 Å². The number of anilines is 1. The molecule has 1 aromatic rings. The van der Waals surface area contributed by atoms with Crippen molar-refractivity contribution in [3.05, 3.63) is 29.6 Å². The summed E-state index contributed by atoms with van der Waals surface area (Å²) in [4.78, 5) is 0. The van der Waals surface area contributed by atoms with Gasteiger partial charge in [-0.3, -0.25) is 0 Å². The van der Waals surface area contributed by atoms with Gasteiger partial charge in [0, 0.05) is 0 Å². The standard InChI is InChI=1S/C14H20FNO/c1-10-3-2-4-12(7-10)17-9-11-5-6-14(16)13(15)8-11/h5-6,8,10,12H,2-4,7,9,16H2,1H3. The Morgan fingerprint density at radius 1 is 1.41 bits per heavy atom. The molecular formula is C14H20FNO. The number of hydrogen-bond acceptors (Lipinski definition) is 2. The van der Waals surface area contributed by atoms with E-state index in [1.807, 2.05) is 6.07 Å². The molecular weight excluding hydrogens is 217 g/mol. The maximum atomic E-state index is 13.2. The molecule has 2 nitrogen and oxygen atoms in total. The van der Waals surface area contributed by atoms with Crippen LogP contribution in [0.2, 0.25) is 0 Å². The van der Waals surface area contributed by atoms with Gasteiger partial charge in [0.2, 0.25) is 0 Å². The second kappa shape index (κ2) is 5.50. The summed E-state index contributed by atoms with van der Waals surface area (Å²) < 4.78 is 19.1. The van der Waals surface area contributed by atoms with Gasteiger partial charge >= 0.3 is 0 Å². The molecule has 2 rings (SSSR count). The smallest absolute Gasteiger partial charge is 0.146 e. The van der Waals surface area contributed by atoms with Crippen LogP contribution in [0.3, 0.4) is 0 Å². The first-order chi connectivity index (χ1) is 8.15. The van der Waals surface area contributed by atoms with Gasteiger partial charge in [0.25, 0.3) is 0 Å². The molecule has 1 aromatic carbocycles. The Balaban J connectivity index is 1.86. The third kappa shape index (κ3) is 3.43. The summed E-state index contributed by atoms with van der Waals surface area (Å²) in [6.07, 6.45) is 5.12. The lowest BCUT2D eigenvalue weighted by molar-refractivity contribution is 0.00458. The fourth-order valence-electron chi connectivity index (χ4n) is 2.40. The molecule has 0 aliphatic heterocycles. The van der Waals surface area contributed by atoms with Gasteiger partial charge in [0.1, 0.15) is 5.82 Å². The maximum absolute atomic E-state index is 13.2. The zero-order chi connectivity index (χ0) is 12.3. The Morgan fingerprint density at radius 3 is 2.94 bits per heavy atom. The van der Waals surface area contributed by atoms with E-state index in [1.54, 1.807) is 6.07 Å². The summed E-state index contributed by atoms with van der Waals surface area (Å²) in [7, 11) is 0. The molecule has 0 heterocycles. The molecule has 0 amide bonds. The van der Waals surface area contributed by atoms with Crippen molar-refractivity contribution >= 4 is 5.69 Å². The predicted octanol–water partition coefficient (Wildman–Crippen LogP) is 3.50. The molecule has 1 fully saturated rings. The predicted molar refractivity (Wildman–Crippen MR) is 67.0 cm³/mol. The van der Waals surface area contributed by atoms with E-state index in [4.69, 9.17) is 10.5 Å². The molecule has 17 heavy (non-hydrogen) atoms. The zero-order valence-electron chi connectivity index (χ0n) is 10.3. The minimum Gasteiger partial charge on any atom is -0.396 e. The Morgan fingerprint density at radius 2 is 2.24 bits per heavy atom. The Hall–Kier alpha value is -1.09. The summed E-state index contributed by atoms with van der Waals surface area (Å²) in [5, 5.41) is 0. The quantitative estimate of drug-likeness (QED) is 0.816. The van der Waals surface area contributed by atoms with Crippen LogP contribution in [0.1, 0.15) is 38.2 Å². The van der Waals surface area contributed by atoms with Crippen LogP contribution in [0.25, 0.3) is 0 Å². The molecule has 1 aliphatic rings. The SMILES string of the molecule is CC1CCCC(OCc2ccc(N)c(F)c2)C1. The average molecular weight is 237 g/mol. The highest BCUT2D eigenvalue weighted by molar-refractivity contribution is 5.41. The van der Waals surface area contributed by atoms with Gasteiger partial charge in [-0.05, 0) is 36.5 Å². The molecule has 2 N–H and O–H groups in total. The largest absolute Gasteiger partial charge is 0.396 e. The minimum absolute atomic E-state index is 0.194. The summed E-state index contributed by atoms with van der Waals surface area (Å²) in [5.74, 6) is 0.389. The van der Waals surface area contributed by atoms with Crippen molar-refractivity contribution in [3.63, 3.8) is 0 Å². The van der Waals surface area contributed by atoms with Gasteiger partial charge in [-0.25, -0.2) is 4.39 Å². The number of ether oxygens (including phenoxy) is 1. The van der Waals surface area contributed by atoms with E-state index in [-0.39, 0.29) is 11.5 Å². The number of halogens is 1. The van der Waals surface area contributed by atoms with Gasteiger partial charge in [-0.1, -0.05) is 25.8 Å². The normalized spacial score (nSPS) is 24.8.